The Balaban J connectivity index is 1.51. The van der Waals surface area contributed by atoms with Crippen LogP contribution in [-0.4, -0.2) is 59.7 Å². The molecule has 2 fully saturated rings. The first-order valence-electron chi connectivity index (χ1n) is 10.6. The molecule has 3 heterocycles. The van der Waals surface area contributed by atoms with Crippen LogP contribution in [0.15, 0.2) is 12.1 Å². The minimum Gasteiger partial charge on any atom is -0.322 e. The Hall–Kier alpha value is -2.33. The largest absolute Gasteiger partial charge is 0.322 e. The molecule has 0 aliphatic carbocycles. The van der Waals surface area contributed by atoms with Crippen molar-refractivity contribution < 1.29 is 27.2 Å². The summed E-state index contributed by atoms with van der Waals surface area (Å²) in [7, 11) is -3.33. The van der Waals surface area contributed by atoms with Crippen LogP contribution in [0.2, 0.25) is 0 Å². The molecule has 1 atom stereocenters. The summed E-state index contributed by atoms with van der Waals surface area (Å²) in [6, 6.07) is 2.18. The van der Waals surface area contributed by atoms with Crippen LogP contribution in [0.3, 0.4) is 0 Å². The zero-order chi connectivity index (χ0) is 22.5. The van der Waals surface area contributed by atoms with Crippen molar-refractivity contribution in [2.75, 3.05) is 13.1 Å². The van der Waals surface area contributed by atoms with Crippen LogP contribution >= 0.6 is 0 Å². The van der Waals surface area contributed by atoms with E-state index in [0.717, 1.165) is 0 Å². The van der Waals surface area contributed by atoms with Gasteiger partial charge in [-0.25, -0.2) is 17.1 Å². The number of sulfonamides is 1. The highest BCUT2D eigenvalue weighted by molar-refractivity contribution is 7.89. The first kappa shape index (κ1) is 21.9. The number of fused-ring (bicyclic) bond motifs is 1. The standard InChI is InChI=1S/C21H26FN3O5S/c1-12(2)31(29,30)24-7-5-13(6-8-24)15-9-14-11-25(21(28)16(14)10-17(15)22)18-3-4-19(26)23-20(18)27/h9-10,12-13,18H,3-8,11H2,1-2H3,(H,23,26,27). The van der Waals surface area contributed by atoms with Crippen LogP contribution < -0.4 is 5.32 Å². The van der Waals surface area contributed by atoms with Crippen LogP contribution in [0.4, 0.5) is 4.39 Å². The molecule has 0 aromatic heterocycles. The summed E-state index contributed by atoms with van der Waals surface area (Å²) in [5, 5.41) is 1.76. The van der Waals surface area contributed by atoms with Gasteiger partial charge in [-0.15, -0.1) is 0 Å². The molecule has 4 rings (SSSR count). The Morgan fingerprint density at radius 1 is 1.10 bits per heavy atom. The summed E-state index contributed by atoms with van der Waals surface area (Å²) in [5.41, 5.74) is 1.38. The van der Waals surface area contributed by atoms with Crippen molar-refractivity contribution in [3.8, 4) is 0 Å². The number of benzene rings is 1. The molecule has 10 heteroatoms. The molecule has 3 amide bonds. The van der Waals surface area contributed by atoms with E-state index in [9.17, 15) is 27.2 Å². The molecule has 0 bridgehead atoms. The van der Waals surface area contributed by atoms with Gasteiger partial charge in [-0.05, 0) is 56.2 Å². The van der Waals surface area contributed by atoms with Crippen LogP contribution in [0.1, 0.15) is 66.9 Å². The Kier molecular flexibility index (Phi) is 5.63. The zero-order valence-corrected chi connectivity index (χ0v) is 18.4. The predicted molar refractivity (Wildman–Crippen MR) is 110 cm³/mol. The van der Waals surface area contributed by atoms with E-state index in [4.69, 9.17) is 0 Å². The van der Waals surface area contributed by atoms with Crippen LogP contribution in [-0.2, 0) is 26.2 Å². The molecule has 168 valence electrons. The van der Waals surface area contributed by atoms with Gasteiger partial charge in [-0.3, -0.25) is 19.7 Å². The lowest BCUT2D eigenvalue weighted by atomic mass is 9.88. The van der Waals surface area contributed by atoms with Crippen molar-refractivity contribution in [1.82, 2.24) is 14.5 Å². The quantitative estimate of drug-likeness (QED) is 0.699. The van der Waals surface area contributed by atoms with E-state index in [2.05, 4.69) is 5.32 Å². The minimum absolute atomic E-state index is 0.135. The van der Waals surface area contributed by atoms with Gasteiger partial charge in [0.05, 0.1) is 5.25 Å². The molecule has 1 aromatic carbocycles. The summed E-state index contributed by atoms with van der Waals surface area (Å²) in [5.74, 6) is -1.89. The molecule has 3 aliphatic rings. The fourth-order valence-electron chi connectivity index (χ4n) is 4.64. The number of hydrogen-bond donors (Lipinski definition) is 1. The van der Waals surface area contributed by atoms with Crippen molar-refractivity contribution in [2.45, 2.75) is 63.3 Å². The van der Waals surface area contributed by atoms with E-state index in [1.165, 1.54) is 15.3 Å². The topological polar surface area (TPSA) is 104 Å². The highest BCUT2D eigenvalue weighted by Crippen LogP contribution is 2.36. The Morgan fingerprint density at radius 2 is 1.77 bits per heavy atom. The second kappa shape index (κ2) is 7.98. The van der Waals surface area contributed by atoms with E-state index < -0.39 is 38.9 Å². The van der Waals surface area contributed by atoms with E-state index >= 15 is 0 Å². The zero-order valence-electron chi connectivity index (χ0n) is 17.6. The smallest absolute Gasteiger partial charge is 0.255 e. The third kappa shape index (κ3) is 3.87. The number of rotatable bonds is 4. The lowest BCUT2D eigenvalue weighted by Gasteiger charge is -2.32. The molecule has 31 heavy (non-hydrogen) atoms. The number of carbonyl (C=O) groups is 3. The molecular weight excluding hydrogens is 425 g/mol. The van der Waals surface area contributed by atoms with Crippen molar-refractivity contribution in [2.24, 2.45) is 0 Å². The van der Waals surface area contributed by atoms with Crippen molar-refractivity contribution >= 4 is 27.7 Å². The fourth-order valence-corrected chi connectivity index (χ4v) is 5.96. The Bertz CT molecular complexity index is 1050. The fraction of sp³-hybridized carbons (Fsp3) is 0.571. The monoisotopic (exact) mass is 451 g/mol. The average Bonchev–Trinajstić information content (AvgIpc) is 3.03. The molecule has 0 spiro atoms. The Morgan fingerprint density at radius 3 is 2.39 bits per heavy atom. The minimum atomic E-state index is -3.33. The van der Waals surface area contributed by atoms with Crippen LogP contribution in [0, 0.1) is 5.82 Å². The van der Waals surface area contributed by atoms with Gasteiger partial charge in [0.2, 0.25) is 21.8 Å². The molecule has 1 unspecified atom stereocenters. The van der Waals surface area contributed by atoms with Gasteiger partial charge in [-0.1, -0.05) is 6.07 Å². The van der Waals surface area contributed by atoms with Crippen molar-refractivity contribution in [1.29, 1.82) is 0 Å². The van der Waals surface area contributed by atoms with Gasteiger partial charge in [0.25, 0.3) is 5.91 Å². The number of nitrogens with zero attached hydrogens (tertiary/aromatic N) is 2. The molecule has 1 aromatic rings. The molecule has 3 aliphatic heterocycles. The number of imide groups is 1. The average molecular weight is 452 g/mol. The van der Waals surface area contributed by atoms with E-state index in [1.54, 1.807) is 19.9 Å². The van der Waals surface area contributed by atoms with Gasteiger partial charge >= 0.3 is 0 Å². The number of hydrogen-bond acceptors (Lipinski definition) is 5. The summed E-state index contributed by atoms with van der Waals surface area (Å²) in [4.78, 5) is 37.8. The van der Waals surface area contributed by atoms with Gasteiger partial charge in [0.15, 0.2) is 0 Å². The molecule has 0 radical (unpaired) electrons. The van der Waals surface area contributed by atoms with Crippen LogP contribution in [0.25, 0.3) is 0 Å². The maximum Gasteiger partial charge on any atom is 0.255 e. The van der Waals surface area contributed by atoms with Gasteiger partial charge in [0, 0.05) is 31.6 Å². The van der Waals surface area contributed by atoms with Gasteiger partial charge in [0.1, 0.15) is 11.9 Å². The number of carbonyl (C=O) groups excluding carboxylic acids is 3. The molecule has 1 N–H and O–H groups in total. The van der Waals surface area contributed by atoms with E-state index in [-0.39, 0.29) is 36.8 Å². The first-order valence-corrected chi connectivity index (χ1v) is 12.1. The lowest BCUT2D eigenvalue weighted by molar-refractivity contribution is -0.136. The molecular formula is C21H26FN3O5S. The predicted octanol–water partition coefficient (Wildman–Crippen LogP) is 1.50. The number of nitrogens with one attached hydrogen (secondary N) is 1. The maximum atomic E-state index is 14.9. The van der Waals surface area contributed by atoms with E-state index in [0.29, 0.717) is 37.1 Å². The first-order chi connectivity index (χ1) is 14.6. The maximum absolute atomic E-state index is 14.9. The second-order valence-corrected chi connectivity index (χ2v) is 11.2. The highest BCUT2D eigenvalue weighted by atomic mass is 32.2. The molecule has 8 nitrogen and oxygen atoms in total. The summed E-state index contributed by atoms with van der Waals surface area (Å²) in [6.07, 6.45) is 1.43. The third-order valence-electron chi connectivity index (χ3n) is 6.49. The number of halogens is 1. The summed E-state index contributed by atoms with van der Waals surface area (Å²) >= 11 is 0. The molecule has 0 saturated carbocycles. The summed E-state index contributed by atoms with van der Waals surface area (Å²) in [6.45, 7) is 4.15. The van der Waals surface area contributed by atoms with Crippen molar-refractivity contribution in [3.05, 3.63) is 34.6 Å². The van der Waals surface area contributed by atoms with Gasteiger partial charge in [-0.2, -0.15) is 0 Å². The van der Waals surface area contributed by atoms with E-state index in [1.807, 2.05) is 0 Å². The normalized spacial score (nSPS) is 23.4. The molecule has 2 saturated heterocycles. The third-order valence-corrected chi connectivity index (χ3v) is 8.77. The highest BCUT2D eigenvalue weighted by Gasteiger charge is 2.40. The van der Waals surface area contributed by atoms with Crippen LogP contribution in [0.5, 0.6) is 0 Å². The van der Waals surface area contributed by atoms with Crippen molar-refractivity contribution in [3.63, 3.8) is 0 Å². The van der Waals surface area contributed by atoms with Gasteiger partial charge < -0.3 is 4.90 Å². The lowest BCUT2D eigenvalue weighted by Crippen LogP contribution is -2.52. The number of piperidine rings is 2. The Labute approximate surface area is 180 Å². The SMILES string of the molecule is CC(C)S(=O)(=O)N1CCC(c2cc3c(cc2F)C(=O)N(C2CCC(=O)NC2=O)C3)CC1. The summed E-state index contributed by atoms with van der Waals surface area (Å²) < 4.78 is 41.1. The second-order valence-electron chi connectivity index (χ2n) is 8.70. The number of amides is 3.